The third-order valence-corrected chi connectivity index (χ3v) is 6.59. The molecule has 2 aromatic rings. The van der Waals surface area contributed by atoms with Crippen molar-refractivity contribution in [3.8, 4) is 0 Å². The van der Waals surface area contributed by atoms with Gasteiger partial charge in [-0.2, -0.15) is 0 Å². The van der Waals surface area contributed by atoms with Gasteiger partial charge in [0.25, 0.3) is 0 Å². The van der Waals surface area contributed by atoms with E-state index in [1.165, 1.54) is 18.1 Å². The summed E-state index contributed by atoms with van der Waals surface area (Å²) in [7, 11) is 0. The van der Waals surface area contributed by atoms with E-state index in [9.17, 15) is 9.18 Å². The van der Waals surface area contributed by atoms with E-state index in [1.54, 1.807) is 6.07 Å². The van der Waals surface area contributed by atoms with Gasteiger partial charge in [-0.1, -0.05) is 48.5 Å². The highest BCUT2D eigenvalue weighted by molar-refractivity contribution is 5.77. The minimum atomic E-state index is -0.165. The highest BCUT2D eigenvalue weighted by atomic mass is 19.1. The normalized spacial score (nSPS) is 22.5. The summed E-state index contributed by atoms with van der Waals surface area (Å²) < 4.78 is 14.0. The fraction of sp³-hybridized carbons (Fsp3) is 0.480. The standard InChI is InChI=1S/C25H31FN2O/c26-23-11-5-4-10-21(23)14-18-28-24-15-17-27(19-22(24)12-13-25(28)29)16-6-9-20-7-2-1-3-8-20/h1-5,7-8,10-11,22,24H,6,9,12-19H2/t22-,24+/m1/s1. The lowest BCUT2D eigenvalue weighted by Gasteiger charge is -2.47. The van der Waals surface area contributed by atoms with Crippen molar-refractivity contribution >= 4 is 5.91 Å². The predicted octanol–water partition coefficient (Wildman–Crippen LogP) is 4.31. The highest BCUT2D eigenvalue weighted by Gasteiger charge is 2.38. The Kier molecular flexibility index (Phi) is 6.60. The Hall–Kier alpha value is -2.20. The van der Waals surface area contributed by atoms with E-state index >= 15 is 0 Å². The first-order valence-corrected chi connectivity index (χ1v) is 11.0. The summed E-state index contributed by atoms with van der Waals surface area (Å²) in [5.74, 6) is 0.639. The molecular weight excluding hydrogens is 363 g/mol. The molecule has 4 rings (SSSR count). The predicted molar refractivity (Wildman–Crippen MR) is 114 cm³/mol. The van der Waals surface area contributed by atoms with Crippen LogP contribution in [-0.4, -0.2) is 47.9 Å². The summed E-state index contributed by atoms with van der Waals surface area (Å²) >= 11 is 0. The quantitative estimate of drug-likeness (QED) is 0.698. The van der Waals surface area contributed by atoms with E-state index in [0.29, 0.717) is 36.9 Å². The number of benzene rings is 2. The third kappa shape index (κ3) is 5.05. The molecule has 2 fully saturated rings. The topological polar surface area (TPSA) is 23.6 Å². The Morgan fingerprint density at radius 1 is 0.931 bits per heavy atom. The molecule has 2 heterocycles. The number of halogens is 1. The first-order valence-electron chi connectivity index (χ1n) is 11.0. The smallest absolute Gasteiger partial charge is 0.222 e. The number of rotatable bonds is 7. The fourth-order valence-corrected chi connectivity index (χ4v) is 5.01. The molecule has 29 heavy (non-hydrogen) atoms. The summed E-state index contributed by atoms with van der Waals surface area (Å²) in [6, 6.07) is 17.9. The molecule has 0 unspecified atom stereocenters. The average Bonchev–Trinajstić information content (AvgIpc) is 2.75. The molecule has 0 N–H and O–H groups in total. The second kappa shape index (κ2) is 9.53. The summed E-state index contributed by atoms with van der Waals surface area (Å²) in [5, 5.41) is 0. The SMILES string of the molecule is O=C1CC[C@@H]2CN(CCCc3ccccc3)CC[C@@H]2N1CCc1ccccc1F. The molecule has 2 atom stereocenters. The van der Waals surface area contributed by atoms with E-state index in [-0.39, 0.29) is 11.7 Å². The Morgan fingerprint density at radius 3 is 2.55 bits per heavy atom. The van der Waals surface area contributed by atoms with Gasteiger partial charge in [0, 0.05) is 32.1 Å². The second-order valence-corrected chi connectivity index (χ2v) is 8.47. The molecule has 3 nitrogen and oxygen atoms in total. The van der Waals surface area contributed by atoms with Crippen LogP contribution in [0.3, 0.4) is 0 Å². The molecule has 0 radical (unpaired) electrons. The van der Waals surface area contributed by atoms with Crippen LogP contribution < -0.4 is 0 Å². The number of likely N-dealkylation sites (tertiary alicyclic amines) is 2. The number of carbonyl (C=O) groups excluding carboxylic acids is 1. The lowest BCUT2D eigenvalue weighted by Crippen LogP contribution is -2.56. The first kappa shape index (κ1) is 20.1. The van der Waals surface area contributed by atoms with Crippen LogP contribution in [-0.2, 0) is 17.6 Å². The van der Waals surface area contributed by atoms with Crippen LogP contribution in [0.2, 0.25) is 0 Å². The molecule has 0 bridgehead atoms. The number of hydrogen-bond acceptors (Lipinski definition) is 2. The minimum Gasteiger partial charge on any atom is -0.339 e. The summed E-state index contributed by atoms with van der Waals surface area (Å²) in [4.78, 5) is 17.2. The van der Waals surface area contributed by atoms with E-state index < -0.39 is 0 Å². The van der Waals surface area contributed by atoms with Gasteiger partial charge in [0.05, 0.1) is 0 Å². The van der Waals surface area contributed by atoms with Crippen LogP contribution >= 0.6 is 0 Å². The number of amides is 1. The van der Waals surface area contributed by atoms with Gasteiger partial charge in [0.1, 0.15) is 5.82 Å². The Bertz CT molecular complexity index is 809. The number of aryl methyl sites for hydroxylation is 1. The van der Waals surface area contributed by atoms with E-state index in [4.69, 9.17) is 0 Å². The maximum atomic E-state index is 14.0. The lowest BCUT2D eigenvalue weighted by atomic mass is 9.83. The maximum absolute atomic E-state index is 14.0. The molecule has 154 valence electrons. The van der Waals surface area contributed by atoms with Crippen LogP contribution in [0.15, 0.2) is 54.6 Å². The molecule has 0 spiro atoms. The Morgan fingerprint density at radius 2 is 1.72 bits per heavy atom. The van der Waals surface area contributed by atoms with E-state index in [2.05, 4.69) is 40.1 Å². The Balaban J connectivity index is 1.29. The van der Waals surface area contributed by atoms with Crippen molar-refractivity contribution in [1.82, 2.24) is 9.80 Å². The maximum Gasteiger partial charge on any atom is 0.222 e. The molecule has 2 aliphatic rings. The molecule has 0 aliphatic carbocycles. The van der Waals surface area contributed by atoms with Gasteiger partial charge >= 0.3 is 0 Å². The van der Waals surface area contributed by atoms with Gasteiger partial charge in [-0.05, 0) is 61.8 Å². The van der Waals surface area contributed by atoms with Crippen LogP contribution in [0.25, 0.3) is 0 Å². The van der Waals surface area contributed by atoms with Crippen molar-refractivity contribution in [3.05, 3.63) is 71.5 Å². The molecule has 4 heteroatoms. The Labute approximate surface area is 173 Å². The fourth-order valence-electron chi connectivity index (χ4n) is 5.01. The van der Waals surface area contributed by atoms with Crippen LogP contribution in [0.5, 0.6) is 0 Å². The molecule has 1 amide bonds. The van der Waals surface area contributed by atoms with Gasteiger partial charge < -0.3 is 9.80 Å². The molecule has 0 aromatic heterocycles. The number of carbonyl (C=O) groups is 1. The van der Waals surface area contributed by atoms with Crippen LogP contribution in [0.4, 0.5) is 4.39 Å². The average molecular weight is 395 g/mol. The van der Waals surface area contributed by atoms with Crippen molar-refractivity contribution < 1.29 is 9.18 Å². The van der Waals surface area contributed by atoms with Gasteiger partial charge in [-0.3, -0.25) is 4.79 Å². The monoisotopic (exact) mass is 394 g/mol. The van der Waals surface area contributed by atoms with Gasteiger partial charge in [-0.15, -0.1) is 0 Å². The third-order valence-electron chi connectivity index (χ3n) is 6.59. The van der Waals surface area contributed by atoms with E-state index in [1.807, 2.05) is 12.1 Å². The summed E-state index contributed by atoms with van der Waals surface area (Å²) in [5.41, 5.74) is 2.12. The minimum absolute atomic E-state index is 0.165. The molecule has 0 saturated carbocycles. The zero-order chi connectivity index (χ0) is 20.1. The van der Waals surface area contributed by atoms with Crippen molar-refractivity contribution in [3.63, 3.8) is 0 Å². The van der Waals surface area contributed by atoms with Crippen molar-refractivity contribution in [2.45, 2.75) is 44.6 Å². The summed E-state index contributed by atoms with van der Waals surface area (Å²) in [6.07, 6.45) is 5.57. The summed E-state index contributed by atoms with van der Waals surface area (Å²) in [6.45, 7) is 3.90. The number of piperidine rings is 2. The largest absolute Gasteiger partial charge is 0.339 e. The zero-order valence-corrected chi connectivity index (χ0v) is 17.1. The van der Waals surface area contributed by atoms with Crippen molar-refractivity contribution in [1.29, 1.82) is 0 Å². The second-order valence-electron chi connectivity index (χ2n) is 8.47. The highest BCUT2D eigenvalue weighted by Crippen LogP contribution is 2.31. The zero-order valence-electron chi connectivity index (χ0n) is 17.1. The van der Waals surface area contributed by atoms with E-state index in [0.717, 1.165) is 38.9 Å². The van der Waals surface area contributed by atoms with Gasteiger partial charge in [0.15, 0.2) is 0 Å². The molecular formula is C25H31FN2O. The van der Waals surface area contributed by atoms with Gasteiger partial charge in [0.2, 0.25) is 5.91 Å². The lowest BCUT2D eigenvalue weighted by molar-refractivity contribution is -0.141. The molecule has 2 saturated heterocycles. The van der Waals surface area contributed by atoms with Crippen molar-refractivity contribution in [2.24, 2.45) is 5.92 Å². The molecule has 2 aromatic carbocycles. The van der Waals surface area contributed by atoms with Gasteiger partial charge in [-0.25, -0.2) is 4.39 Å². The van der Waals surface area contributed by atoms with Crippen LogP contribution in [0, 0.1) is 11.7 Å². The number of nitrogens with zero attached hydrogens (tertiary/aromatic N) is 2. The van der Waals surface area contributed by atoms with Crippen molar-refractivity contribution in [2.75, 3.05) is 26.2 Å². The molecule has 2 aliphatic heterocycles. The first-order chi connectivity index (χ1) is 14.2. The number of hydrogen-bond donors (Lipinski definition) is 0. The van der Waals surface area contributed by atoms with Crippen LogP contribution in [0.1, 0.15) is 36.8 Å². The number of fused-ring (bicyclic) bond motifs is 1.